The summed E-state index contributed by atoms with van der Waals surface area (Å²) < 4.78 is 33.9. The van der Waals surface area contributed by atoms with Crippen LogP contribution in [-0.2, 0) is 4.79 Å². The molecule has 0 aromatic heterocycles. The van der Waals surface area contributed by atoms with Crippen LogP contribution in [0.5, 0.6) is 5.75 Å². The van der Waals surface area contributed by atoms with E-state index in [2.05, 4.69) is 0 Å². The minimum absolute atomic E-state index is 0.00967. The van der Waals surface area contributed by atoms with Crippen LogP contribution in [-0.4, -0.2) is 36.2 Å². The first-order valence-corrected chi connectivity index (χ1v) is 7.01. The molecule has 1 aliphatic heterocycles. The number of ether oxygens (including phenoxy) is 1. The van der Waals surface area contributed by atoms with Crippen molar-refractivity contribution < 1.29 is 23.4 Å². The maximum absolute atomic E-state index is 14.5. The van der Waals surface area contributed by atoms with Crippen molar-refractivity contribution in [2.45, 2.75) is 6.04 Å². The molecular weight excluding hydrogens is 353 g/mol. The Morgan fingerprint density at radius 3 is 2.52 bits per heavy atom. The molecule has 1 unspecified atom stereocenters. The number of nitrogens with two attached hydrogens (primary N) is 1. The Morgan fingerprint density at radius 2 is 2.00 bits per heavy atom. The maximum atomic E-state index is 14.5. The van der Waals surface area contributed by atoms with Crippen LogP contribution in [0, 0.1) is 5.82 Å². The molecule has 23 heavy (non-hydrogen) atoms. The van der Waals surface area contributed by atoms with Crippen LogP contribution in [0.4, 0.5) is 8.78 Å². The molecule has 1 aliphatic rings. The third-order valence-corrected chi connectivity index (χ3v) is 4.13. The molecule has 9 heteroatoms. The van der Waals surface area contributed by atoms with Crippen LogP contribution in [0.3, 0.4) is 0 Å². The summed E-state index contributed by atoms with van der Waals surface area (Å²) >= 11 is 11.6. The maximum Gasteiger partial charge on any atom is 0.332 e. The summed E-state index contributed by atoms with van der Waals surface area (Å²) in [6.45, 7) is 0. The van der Waals surface area contributed by atoms with E-state index in [0.717, 1.165) is 4.90 Å². The zero-order valence-corrected chi connectivity index (χ0v) is 13.5. The van der Waals surface area contributed by atoms with E-state index in [1.807, 2.05) is 0 Å². The van der Waals surface area contributed by atoms with Gasteiger partial charge in [-0.05, 0) is 12.1 Å². The fraction of sp³-hybridized carbons (Fsp3) is 0.214. The van der Waals surface area contributed by atoms with Crippen molar-refractivity contribution in [1.82, 2.24) is 4.90 Å². The SMILES string of the molecule is COc1c(Cl)ccc(C2=C(F)C(N)=C(Cl)C(C(=O)O)N2C)c1F. The Bertz CT molecular complexity index is 750. The number of carboxylic acids is 1. The highest BCUT2D eigenvalue weighted by Crippen LogP contribution is 2.40. The summed E-state index contributed by atoms with van der Waals surface area (Å²) in [5.41, 5.74) is 4.38. The summed E-state index contributed by atoms with van der Waals surface area (Å²) in [4.78, 5) is 12.4. The Labute approximate surface area is 140 Å². The predicted molar refractivity (Wildman–Crippen MR) is 82.2 cm³/mol. The van der Waals surface area contributed by atoms with Gasteiger partial charge in [0.15, 0.2) is 23.4 Å². The van der Waals surface area contributed by atoms with Gasteiger partial charge >= 0.3 is 5.97 Å². The monoisotopic (exact) mass is 364 g/mol. The van der Waals surface area contributed by atoms with Crippen LogP contribution in [0.15, 0.2) is 28.7 Å². The topological polar surface area (TPSA) is 75.8 Å². The van der Waals surface area contributed by atoms with Gasteiger partial charge in [-0.25, -0.2) is 13.6 Å². The molecule has 124 valence electrons. The Morgan fingerprint density at radius 1 is 1.39 bits per heavy atom. The average molecular weight is 365 g/mol. The molecule has 0 radical (unpaired) electrons. The van der Waals surface area contributed by atoms with Gasteiger partial charge in [0, 0.05) is 12.6 Å². The summed E-state index contributed by atoms with van der Waals surface area (Å²) in [6.07, 6.45) is 0. The van der Waals surface area contributed by atoms with Crippen LogP contribution in [0.2, 0.25) is 5.02 Å². The van der Waals surface area contributed by atoms with Crippen LogP contribution in [0.25, 0.3) is 5.70 Å². The second kappa shape index (κ2) is 6.25. The first kappa shape index (κ1) is 17.4. The van der Waals surface area contributed by atoms with Gasteiger partial charge in [-0.3, -0.25) is 0 Å². The molecule has 1 aromatic carbocycles. The number of nitrogens with zero attached hydrogens (tertiary/aromatic N) is 1. The number of hydrogen-bond donors (Lipinski definition) is 2. The zero-order chi connectivity index (χ0) is 17.5. The van der Waals surface area contributed by atoms with E-state index in [4.69, 9.17) is 33.7 Å². The van der Waals surface area contributed by atoms with Crippen molar-refractivity contribution in [3.8, 4) is 5.75 Å². The van der Waals surface area contributed by atoms with Crippen molar-refractivity contribution in [2.24, 2.45) is 5.73 Å². The number of methoxy groups -OCH3 is 1. The van der Waals surface area contributed by atoms with Crippen LogP contribution in [0.1, 0.15) is 5.56 Å². The lowest BCUT2D eigenvalue weighted by molar-refractivity contribution is -0.140. The number of benzene rings is 1. The highest BCUT2D eigenvalue weighted by molar-refractivity contribution is 6.33. The molecule has 3 N–H and O–H groups in total. The van der Waals surface area contributed by atoms with E-state index in [1.54, 1.807) is 0 Å². The van der Waals surface area contributed by atoms with Gasteiger partial charge in [0.2, 0.25) is 0 Å². The van der Waals surface area contributed by atoms with E-state index >= 15 is 0 Å². The second-order valence-electron chi connectivity index (χ2n) is 4.72. The number of hydrogen-bond acceptors (Lipinski definition) is 4. The number of allylic oxidation sites excluding steroid dienone is 1. The summed E-state index contributed by atoms with van der Waals surface area (Å²) in [5.74, 6) is -3.61. The number of carboxylic acid groups (broad SMARTS) is 1. The molecule has 0 aliphatic carbocycles. The fourth-order valence-corrected chi connectivity index (χ4v) is 2.86. The molecule has 0 spiro atoms. The molecule has 0 amide bonds. The quantitative estimate of drug-likeness (QED) is 0.862. The van der Waals surface area contributed by atoms with Gasteiger partial charge in [-0.1, -0.05) is 23.2 Å². The van der Waals surface area contributed by atoms with E-state index in [0.29, 0.717) is 0 Å². The molecule has 1 atom stereocenters. The molecule has 0 fully saturated rings. The van der Waals surface area contributed by atoms with E-state index < -0.39 is 29.4 Å². The van der Waals surface area contributed by atoms with E-state index in [9.17, 15) is 18.7 Å². The molecule has 0 saturated carbocycles. The number of rotatable bonds is 3. The fourth-order valence-electron chi connectivity index (χ4n) is 2.32. The van der Waals surface area contributed by atoms with Crippen LogP contribution >= 0.6 is 23.2 Å². The summed E-state index contributed by atoms with van der Waals surface area (Å²) in [7, 11) is 2.47. The molecule has 5 nitrogen and oxygen atoms in total. The van der Waals surface area contributed by atoms with E-state index in [1.165, 1.54) is 26.3 Å². The lowest BCUT2D eigenvalue weighted by Crippen LogP contribution is -2.42. The smallest absolute Gasteiger partial charge is 0.332 e. The third-order valence-electron chi connectivity index (χ3n) is 3.42. The summed E-state index contributed by atoms with van der Waals surface area (Å²) in [5, 5.41) is 8.87. The molecule has 1 heterocycles. The highest BCUT2D eigenvalue weighted by Gasteiger charge is 2.38. The van der Waals surface area contributed by atoms with Gasteiger partial charge in [0.1, 0.15) is 0 Å². The highest BCUT2D eigenvalue weighted by atomic mass is 35.5. The molecule has 0 saturated heterocycles. The van der Waals surface area contributed by atoms with Gasteiger partial charge < -0.3 is 20.5 Å². The van der Waals surface area contributed by atoms with Crippen molar-refractivity contribution in [3.63, 3.8) is 0 Å². The lowest BCUT2D eigenvalue weighted by Gasteiger charge is -2.33. The van der Waals surface area contributed by atoms with E-state index in [-0.39, 0.29) is 27.1 Å². The second-order valence-corrected chi connectivity index (χ2v) is 5.53. The zero-order valence-electron chi connectivity index (χ0n) is 12.0. The number of aliphatic carboxylic acids is 1. The van der Waals surface area contributed by atoms with Crippen molar-refractivity contribution in [1.29, 1.82) is 0 Å². The first-order valence-electron chi connectivity index (χ1n) is 6.25. The molecule has 0 bridgehead atoms. The predicted octanol–water partition coefficient (Wildman–Crippen LogP) is 2.93. The Kier molecular flexibility index (Phi) is 4.72. The molecule has 2 rings (SSSR count). The normalized spacial score (nSPS) is 18.5. The Hall–Kier alpha value is -1.99. The standard InChI is InChI=1S/C14H12Cl2F2N2O3/c1-20-11(5-3-4-6(15)13(23-2)8(5)17)9(18)10(19)7(16)12(20)14(21)22/h3-4,12H,19H2,1-2H3,(H,21,22). The van der Waals surface area contributed by atoms with Crippen molar-refractivity contribution in [3.05, 3.63) is 45.1 Å². The largest absolute Gasteiger partial charge is 0.492 e. The number of carbonyl (C=O) groups is 1. The van der Waals surface area contributed by atoms with Gasteiger partial charge in [0.25, 0.3) is 0 Å². The lowest BCUT2D eigenvalue weighted by atomic mass is 10.0. The minimum Gasteiger partial charge on any atom is -0.492 e. The Balaban J connectivity index is 2.74. The van der Waals surface area contributed by atoms with Gasteiger partial charge in [-0.2, -0.15) is 0 Å². The number of halogens is 4. The average Bonchev–Trinajstić information content (AvgIpc) is 2.47. The first-order chi connectivity index (χ1) is 10.7. The van der Waals surface area contributed by atoms with Crippen molar-refractivity contribution >= 4 is 34.9 Å². The third kappa shape index (κ3) is 2.70. The summed E-state index contributed by atoms with van der Waals surface area (Å²) in [6, 6.07) is 1.07. The van der Waals surface area contributed by atoms with Crippen molar-refractivity contribution in [2.75, 3.05) is 14.2 Å². The molecular formula is C14H12Cl2F2N2O3. The van der Waals surface area contributed by atoms with Gasteiger partial charge in [0.05, 0.1) is 28.6 Å². The van der Waals surface area contributed by atoms with Gasteiger partial charge in [-0.15, -0.1) is 0 Å². The molecule has 1 aromatic rings. The minimum atomic E-state index is -1.44. The number of likely N-dealkylation sites (N-methyl/N-ethyl adjacent to an activating group) is 1. The van der Waals surface area contributed by atoms with Crippen LogP contribution < -0.4 is 10.5 Å².